The van der Waals surface area contributed by atoms with Crippen LogP contribution in [-0.2, 0) is 4.74 Å². The van der Waals surface area contributed by atoms with E-state index in [0.717, 1.165) is 19.1 Å². The number of hydrogen-bond donors (Lipinski definition) is 1. The van der Waals surface area contributed by atoms with E-state index in [-0.39, 0.29) is 0 Å². The molecule has 0 atom stereocenters. The first-order valence-corrected chi connectivity index (χ1v) is 5.65. The van der Waals surface area contributed by atoms with Gasteiger partial charge in [-0.3, -0.25) is 0 Å². The van der Waals surface area contributed by atoms with E-state index >= 15 is 0 Å². The van der Waals surface area contributed by atoms with E-state index in [1.165, 1.54) is 25.7 Å². The molecule has 0 bridgehead atoms. The van der Waals surface area contributed by atoms with Gasteiger partial charge in [0.25, 0.3) is 0 Å². The van der Waals surface area contributed by atoms with E-state index in [2.05, 4.69) is 17.3 Å². The lowest BCUT2D eigenvalue weighted by molar-refractivity contribution is 0.0445. The zero-order valence-electron chi connectivity index (χ0n) is 9.75. The summed E-state index contributed by atoms with van der Waals surface area (Å²) in [5, 5.41) is 3.19. The highest BCUT2D eigenvalue weighted by atomic mass is 16.5. The van der Waals surface area contributed by atoms with Gasteiger partial charge in [0.15, 0.2) is 0 Å². The molecule has 0 spiro atoms. The van der Waals surface area contributed by atoms with Crippen LogP contribution in [0.4, 0.5) is 0 Å². The molecule has 1 N–H and O–H groups in total. The average Bonchev–Trinajstić information content (AvgIpc) is 2.26. The predicted octanol–water partition coefficient (Wildman–Crippen LogP) is 1.10. The minimum Gasteiger partial charge on any atom is -0.381 e. The molecule has 14 heavy (non-hydrogen) atoms. The van der Waals surface area contributed by atoms with Crippen LogP contribution >= 0.6 is 0 Å². The molecule has 0 amide bonds. The van der Waals surface area contributed by atoms with Gasteiger partial charge in [0, 0.05) is 26.2 Å². The maximum atomic E-state index is 5.37. The molecule has 84 valence electrons. The van der Waals surface area contributed by atoms with Crippen LogP contribution in [-0.4, -0.2) is 51.3 Å². The fourth-order valence-corrected chi connectivity index (χ4v) is 2.19. The Balaban J connectivity index is 2.19. The average molecular weight is 200 g/mol. The van der Waals surface area contributed by atoms with Gasteiger partial charge in [0.1, 0.15) is 0 Å². The highest BCUT2D eigenvalue weighted by Crippen LogP contribution is 2.23. The molecule has 0 aliphatic heterocycles. The Morgan fingerprint density at radius 3 is 2.43 bits per heavy atom. The van der Waals surface area contributed by atoms with Crippen LogP contribution in [0.2, 0.25) is 0 Å². The van der Waals surface area contributed by atoms with E-state index in [4.69, 9.17) is 4.74 Å². The molecule has 0 saturated heterocycles. The Bertz CT molecular complexity index is 144. The minimum atomic E-state index is 0.518. The maximum absolute atomic E-state index is 5.37. The summed E-state index contributed by atoms with van der Waals surface area (Å²) >= 11 is 0. The number of methoxy groups -OCH3 is 1. The standard InChI is InChI=1S/C11H24N2O/c1-12-8-9-13(2)10-4-6-11(14-3)7-5-10/h10-12H,4-9H2,1-3H3. The lowest BCUT2D eigenvalue weighted by Gasteiger charge is -2.34. The van der Waals surface area contributed by atoms with Crippen molar-refractivity contribution in [1.82, 2.24) is 10.2 Å². The monoisotopic (exact) mass is 200 g/mol. The van der Waals surface area contributed by atoms with Crippen molar-refractivity contribution in [2.45, 2.75) is 37.8 Å². The summed E-state index contributed by atoms with van der Waals surface area (Å²) in [5.74, 6) is 0. The highest BCUT2D eigenvalue weighted by Gasteiger charge is 2.23. The summed E-state index contributed by atoms with van der Waals surface area (Å²) in [6, 6.07) is 0.773. The van der Waals surface area contributed by atoms with Crippen molar-refractivity contribution in [3.05, 3.63) is 0 Å². The smallest absolute Gasteiger partial charge is 0.0572 e. The van der Waals surface area contributed by atoms with Crippen molar-refractivity contribution >= 4 is 0 Å². The van der Waals surface area contributed by atoms with E-state index in [9.17, 15) is 0 Å². The second kappa shape index (κ2) is 6.38. The van der Waals surface area contributed by atoms with Crippen LogP contribution in [0.3, 0.4) is 0 Å². The zero-order chi connectivity index (χ0) is 10.4. The predicted molar refractivity (Wildman–Crippen MR) is 59.6 cm³/mol. The third kappa shape index (κ3) is 3.56. The van der Waals surface area contributed by atoms with Gasteiger partial charge in [-0.25, -0.2) is 0 Å². The molecule has 1 aliphatic rings. The SMILES string of the molecule is CNCCN(C)C1CCC(OC)CC1. The number of ether oxygens (including phenoxy) is 1. The molecule has 0 radical (unpaired) electrons. The highest BCUT2D eigenvalue weighted by molar-refractivity contribution is 4.78. The Hall–Kier alpha value is -0.120. The lowest BCUT2D eigenvalue weighted by atomic mass is 9.92. The molecule has 1 fully saturated rings. The van der Waals surface area contributed by atoms with Crippen LogP contribution in [0, 0.1) is 0 Å². The summed E-state index contributed by atoms with van der Waals surface area (Å²) in [6.07, 6.45) is 5.55. The maximum Gasteiger partial charge on any atom is 0.0572 e. The summed E-state index contributed by atoms with van der Waals surface area (Å²) in [7, 11) is 6.07. The molecule has 3 heteroatoms. The Morgan fingerprint density at radius 2 is 1.93 bits per heavy atom. The summed E-state index contributed by atoms with van der Waals surface area (Å²) in [6.45, 7) is 2.24. The third-order valence-corrected chi connectivity index (χ3v) is 3.31. The third-order valence-electron chi connectivity index (χ3n) is 3.31. The molecular formula is C11H24N2O. The molecule has 1 saturated carbocycles. The van der Waals surface area contributed by atoms with Gasteiger partial charge in [0.2, 0.25) is 0 Å². The van der Waals surface area contributed by atoms with E-state index in [1.54, 1.807) is 0 Å². The van der Waals surface area contributed by atoms with Crippen molar-refractivity contribution in [2.75, 3.05) is 34.3 Å². The number of nitrogens with one attached hydrogen (secondary N) is 1. The first-order chi connectivity index (χ1) is 6.77. The van der Waals surface area contributed by atoms with Crippen molar-refractivity contribution in [1.29, 1.82) is 0 Å². The second-order valence-corrected chi connectivity index (χ2v) is 4.25. The second-order valence-electron chi connectivity index (χ2n) is 4.25. The van der Waals surface area contributed by atoms with Crippen LogP contribution in [0.25, 0.3) is 0 Å². The van der Waals surface area contributed by atoms with Crippen molar-refractivity contribution < 1.29 is 4.74 Å². The topological polar surface area (TPSA) is 24.5 Å². The first-order valence-electron chi connectivity index (χ1n) is 5.65. The summed E-state index contributed by atoms with van der Waals surface area (Å²) < 4.78 is 5.37. The quantitative estimate of drug-likeness (QED) is 0.719. The lowest BCUT2D eigenvalue weighted by Crippen LogP contribution is -2.39. The molecule has 0 aromatic carbocycles. The molecular weight excluding hydrogens is 176 g/mol. The normalized spacial score (nSPS) is 28.3. The molecule has 0 unspecified atom stereocenters. The van der Waals surface area contributed by atoms with Crippen molar-refractivity contribution in [3.8, 4) is 0 Å². The summed E-state index contributed by atoms with van der Waals surface area (Å²) in [4.78, 5) is 2.47. The van der Waals surface area contributed by atoms with E-state index < -0.39 is 0 Å². The molecule has 0 aromatic heterocycles. The van der Waals surface area contributed by atoms with Gasteiger partial charge in [-0.1, -0.05) is 0 Å². The van der Waals surface area contributed by atoms with Gasteiger partial charge in [-0.2, -0.15) is 0 Å². The van der Waals surface area contributed by atoms with Crippen LogP contribution in [0.1, 0.15) is 25.7 Å². The number of rotatable bonds is 5. The largest absolute Gasteiger partial charge is 0.381 e. The zero-order valence-corrected chi connectivity index (χ0v) is 9.75. The Morgan fingerprint density at radius 1 is 1.29 bits per heavy atom. The molecule has 3 nitrogen and oxygen atoms in total. The molecule has 1 rings (SSSR count). The number of hydrogen-bond acceptors (Lipinski definition) is 3. The van der Waals surface area contributed by atoms with Crippen LogP contribution in [0.5, 0.6) is 0 Å². The van der Waals surface area contributed by atoms with E-state index in [0.29, 0.717) is 6.10 Å². The van der Waals surface area contributed by atoms with Crippen LogP contribution < -0.4 is 5.32 Å². The Labute approximate surface area is 87.8 Å². The first kappa shape index (κ1) is 12.0. The van der Waals surface area contributed by atoms with Crippen molar-refractivity contribution in [3.63, 3.8) is 0 Å². The van der Waals surface area contributed by atoms with E-state index in [1.807, 2.05) is 14.2 Å². The van der Waals surface area contributed by atoms with Gasteiger partial charge >= 0.3 is 0 Å². The molecule has 1 aliphatic carbocycles. The minimum absolute atomic E-state index is 0.518. The number of likely N-dealkylation sites (N-methyl/N-ethyl adjacent to an activating group) is 2. The molecule has 0 heterocycles. The Kier molecular flexibility index (Phi) is 5.45. The van der Waals surface area contributed by atoms with Gasteiger partial charge in [-0.05, 0) is 39.8 Å². The number of nitrogens with zero attached hydrogens (tertiary/aromatic N) is 1. The van der Waals surface area contributed by atoms with Crippen LogP contribution in [0.15, 0.2) is 0 Å². The van der Waals surface area contributed by atoms with Gasteiger partial charge < -0.3 is 15.0 Å². The fraction of sp³-hybridized carbons (Fsp3) is 1.00. The van der Waals surface area contributed by atoms with Gasteiger partial charge in [0.05, 0.1) is 6.10 Å². The molecule has 0 aromatic rings. The van der Waals surface area contributed by atoms with Crippen molar-refractivity contribution in [2.24, 2.45) is 0 Å². The fourth-order valence-electron chi connectivity index (χ4n) is 2.19. The van der Waals surface area contributed by atoms with Gasteiger partial charge in [-0.15, -0.1) is 0 Å². The summed E-state index contributed by atoms with van der Waals surface area (Å²) in [5.41, 5.74) is 0.